The van der Waals surface area contributed by atoms with Crippen molar-refractivity contribution in [2.24, 2.45) is 11.3 Å². The minimum atomic E-state index is 0.287. The Labute approximate surface area is 92.2 Å². The molecule has 1 aliphatic heterocycles. The fourth-order valence-corrected chi connectivity index (χ4v) is 2.13. The predicted molar refractivity (Wildman–Crippen MR) is 60.6 cm³/mol. The lowest BCUT2D eigenvalue weighted by molar-refractivity contribution is -0.122. The Morgan fingerprint density at radius 1 is 1.40 bits per heavy atom. The molecule has 0 spiro atoms. The molecule has 1 amide bonds. The Morgan fingerprint density at radius 3 is 2.53 bits per heavy atom. The summed E-state index contributed by atoms with van der Waals surface area (Å²) in [6.45, 7) is 5.49. The average Bonchev–Trinajstić information content (AvgIpc) is 3.03. The fourth-order valence-electron chi connectivity index (χ4n) is 2.13. The van der Waals surface area contributed by atoms with Gasteiger partial charge >= 0.3 is 0 Å². The molecule has 0 unspecified atom stereocenters. The molecule has 0 bridgehead atoms. The first-order valence-electron chi connectivity index (χ1n) is 6.05. The Balaban J connectivity index is 1.74. The van der Waals surface area contributed by atoms with Gasteiger partial charge in [0.2, 0.25) is 5.91 Å². The lowest BCUT2D eigenvalue weighted by Crippen LogP contribution is -2.43. The molecule has 15 heavy (non-hydrogen) atoms. The van der Waals surface area contributed by atoms with Crippen molar-refractivity contribution in [1.82, 2.24) is 10.2 Å². The first kappa shape index (κ1) is 10.9. The van der Waals surface area contributed by atoms with Gasteiger partial charge in [0.1, 0.15) is 0 Å². The zero-order valence-corrected chi connectivity index (χ0v) is 9.88. The molecule has 1 heterocycles. The van der Waals surface area contributed by atoms with Crippen molar-refractivity contribution in [3.8, 4) is 0 Å². The van der Waals surface area contributed by atoms with Crippen molar-refractivity contribution in [1.29, 1.82) is 0 Å². The van der Waals surface area contributed by atoms with Crippen LogP contribution >= 0.6 is 0 Å². The molecule has 86 valence electrons. The zero-order valence-electron chi connectivity index (χ0n) is 9.88. The van der Waals surface area contributed by atoms with Gasteiger partial charge in [-0.05, 0) is 51.2 Å². The van der Waals surface area contributed by atoms with E-state index >= 15 is 0 Å². The smallest absolute Gasteiger partial charge is 0.223 e. The molecule has 0 aromatic carbocycles. The maximum atomic E-state index is 11.5. The monoisotopic (exact) mass is 210 g/mol. The van der Waals surface area contributed by atoms with Crippen LogP contribution in [-0.4, -0.2) is 37.5 Å². The number of rotatable bonds is 3. The first-order valence-corrected chi connectivity index (χ1v) is 6.05. The number of hydrogen-bond acceptors (Lipinski definition) is 2. The van der Waals surface area contributed by atoms with Crippen LogP contribution in [-0.2, 0) is 4.79 Å². The van der Waals surface area contributed by atoms with Crippen LogP contribution in [0.5, 0.6) is 0 Å². The molecule has 1 aliphatic carbocycles. The van der Waals surface area contributed by atoms with Gasteiger partial charge in [0.05, 0.1) is 0 Å². The molecule has 0 aromatic heterocycles. The van der Waals surface area contributed by atoms with Crippen molar-refractivity contribution in [2.75, 3.05) is 26.7 Å². The summed E-state index contributed by atoms with van der Waals surface area (Å²) in [6, 6.07) is 0. The van der Waals surface area contributed by atoms with Crippen molar-refractivity contribution in [3.63, 3.8) is 0 Å². The fraction of sp³-hybridized carbons (Fsp3) is 0.917. The average molecular weight is 210 g/mol. The number of nitrogens with zero attached hydrogens (tertiary/aromatic N) is 1. The molecule has 2 rings (SSSR count). The SMILES string of the molecule is CN1CCC(C)(CNC(=O)C2CC2)CC1. The third-order valence-electron chi connectivity index (χ3n) is 3.83. The third-order valence-corrected chi connectivity index (χ3v) is 3.83. The molecule has 1 N–H and O–H groups in total. The highest BCUT2D eigenvalue weighted by molar-refractivity contribution is 5.80. The van der Waals surface area contributed by atoms with E-state index in [0.29, 0.717) is 11.3 Å². The predicted octanol–water partition coefficient (Wildman–Crippen LogP) is 1.24. The van der Waals surface area contributed by atoms with Gasteiger partial charge in [-0.25, -0.2) is 0 Å². The summed E-state index contributed by atoms with van der Waals surface area (Å²) in [5, 5.41) is 3.11. The van der Waals surface area contributed by atoms with Crippen LogP contribution in [0, 0.1) is 11.3 Å². The molecule has 1 saturated heterocycles. The summed E-state index contributed by atoms with van der Waals surface area (Å²) in [4.78, 5) is 13.9. The van der Waals surface area contributed by atoms with E-state index in [9.17, 15) is 4.79 Å². The molecule has 3 nitrogen and oxygen atoms in total. The summed E-state index contributed by atoms with van der Waals surface area (Å²) in [5.74, 6) is 0.634. The van der Waals surface area contributed by atoms with Crippen molar-refractivity contribution < 1.29 is 4.79 Å². The van der Waals surface area contributed by atoms with Crippen molar-refractivity contribution >= 4 is 5.91 Å². The van der Waals surface area contributed by atoms with E-state index < -0.39 is 0 Å². The van der Waals surface area contributed by atoms with Crippen LogP contribution < -0.4 is 5.32 Å². The highest BCUT2D eigenvalue weighted by atomic mass is 16.2. The molecule has 1 saturated carbocycles. The van der Waals surface area contributed by atoms with Gasteiger partial charge in [0, 0.05) is 12.5 Å². The molecule has 2 aliphatic rings. The summed E-state index contributed by atoms with van der Waals surface area (Å²) in [5.41, 5.74) is 0.330. The van der Waals surface area contributed by atoms with E-state index in [-0.39, 0.29) is 5.91 Å². The molecule has 0 radical (unpaired) electrons. The highest BCUT2D eigenvalue weighted by Crippen LogP contribution is 2.31. The van der Waals surface area contributed by atoms with Crippen LogP contribution in [0.3, 0.4) is 0 Å². The van der Waals surface area contributed by atoms with Gasteiger partial charge in [0.15, 0.2) is 0 Å². The minimum Gasteiger partial charge on any atom is -0.355 e. The van der Waals surface area contributed by atoms with Gasteiger partial charge in [0.25, 0.3) is 0 Å². The topological polar surface area (TPSA) is 32.3 Å². The van der Waals surface area contributed by atoms with Gasteiger partial charge in [-0.15, -0.1) is 0 Å². The summed E-state index contributed by atoms with van der Waals surface area (Å²) in [7, 11) is 2.17. The van der Waals surface area contributed by atoms with E-state index in [0.717, 1.165) is 32.5 Å². The Bertz CT molecular complexity index is 240. The Kier molecular flexibility index (Phi) is 3.01. The second kappa shape index (κ2) is 4.12. The van der Waals surface area contributed by atoms with E-state index in [1.165, 1.54) is 12.8 Å². The maximum Gasteiger partial charge on any atom is 0.223 e. The van der Waals surface area contributed by atoms with Gasteiger partial charge in [-0.3, -0.25) is 4.79 Å². The number of piperidine rings is 1. The molecular weight excluding hydrogens is 188 g/mol. The Morgan fingerprint density at radius 2 is 2.00 bits per heavy atom. The molecule has 0 aromatic rings. The van der Waals surface area contributed by atoms with E-state index in [1.54, 1.807) is 0 Å². The highest BCUT2D eigenvalue weighted by Gasteiger charge is 2.33. The van der Waals surface area contributed by atoms with Crippen LogP contribution in [0.4, 0.5) is 0 Å². The first-order chi connectivity index (χ1) is 7.09. The quantitative estimate of drug-likeness (QED) is 0.760. The summed E-state index contributed by atoms with van der Waals surface area (Å²) < 4.78 is 0. The normalized spacial score (nSPS) is 26.3. The number of carbonyl (C=O) groups is 1. The van der Waals surface area contributed by atoms with E-state index in [1.807, 2.05) is 0 Å². The number of nitrogens with one attached hydrogen (secondary N) is 1. The number of carbonyl (C=O) groups excluding carboxylic acids is 1. The van der Waals surface area contributed by atoms with Gasteiger partial charge < -0.3 is 10.2 Å². The lowest BCUT2D eigenvalue weighted by atomic mass is 9.80. The third kappa shape index (κ3) is 2.94. The standard InChI is InChI=1S/C12H22N2O/c1-12(5-7-14(2)8-6-12)9-13-11(15)10-3-4-10/h10H,3-9H2,1-2H3,(H,13,15). The zero-order chi connectivity index (χ0) is 10.9. The maximum absolute atomic E-state index is 11.5. The number of likely N-dealkylation sites (tertiary alicyclic amines) is 1. The van der Waals surface area contributed by atoms with Crippen molar-refractivity contribution in [3.05, 3.63) is 0 Å². The van der Waals surface area contributed by atoms with Crippen LogP contribution in [0.15, 0.2) is 0 Å². The van der Waals surface area contributed by atoms with E-state index in [4.69, 9.17) is 0 Å². The van der Waals surface area contributed by atoms with Crippen LogP contribution in [0.2, 0.25) is 0 Å². The minimum absolute atomic E-state index is 0.287. The van der Waals surface area contributed by atoms with Gasteiger partial charge in [-0.1, -0.05) is 6.92 Å². The molecule has 3 heteroatoms. The molecular formula is C12H22N2O. The summed E-state index contributed by atoms with van der Waals surface area (Å²) in [6.07, 6.45) is 4.61. The largest absolute Gasteiger partial charge is 0.355 e. The second-order valence-electron chi connectivity index (χ2n) is 5.61. The lowest BCUT2D eigenvalue weighted by Gasteiger charge is -2.37. The molecule has 0 atom stereocenters. The van der Waals surface area contributed by atoms with Crippen LogP contribution in [0.25, 0.3) is 0 Å². The molecule has 2 fully saturated rings. The van der Waals surface area contributed by atoms with Crippen LogP contribution in [0.1, 0.15) is 32.6 Å². The number of hydrogen-bond donors (Lipinski definition) is 1. The van der Waals surface area contributed by atoms with Gasteiger partial charge in [-0.2, -0.15) is 0 Å². The number of amides is 1. The Hall–Kier alpha value is -0.570. The second-order valence-corrected chi connectivity index (χ2v) is 5.61. The van der Waals surface area contributed by atoms with E-state index in [2.05, 4.69) is 24.2 Å². The van der Waals surface area contributed by atoms with Crippen molar-refractivity contribution in [2.45, 2.75) is 32.6 Å². The summed E-state index contributed by atoms with van der Waals surface area (Å²) >= 11 is 0.